The lowest BCUT2D eigenvalue weighted by atomic mass is 9.82. The van der Waals surface area contributed by atoms with Crippen LogP contribution in [-0.2, 0) is 0 Å². The molecule has 104 valence electrons. The van der Waals surface area contributed by atoms with Gasteiger partial charge >= 0.3 is 0 Å². The molecule has 6 heteroatoms. The lowest BCUT2D eigenvalue weighted by Crippen LogP contribution is -2.39. The molecule has 1 aromatic rings. The second-order valence-electron chi connectivity index (χ2n) is 4.98. The van der Waals surface area contributed by atoms with Crippen molar-refractivity contribution in [3.63, 3.8) is 0 Å². The van der Waals surface area contributed by atoms with E-state index in [1.165, 1.54) is 23.1 Å². The molecular weight excluding hydrogens is 249 g/mol. The highest BCUT2D eigenvalue weighted by Gasteiger charge is 2.29. The number of carbonyl (C=O) groups is 1. The highest BCUT2D eigenvalue weighted by molar-refractivity contribution is 5.99. The van der Waals surface area contributed by atoms with Crippen LogP contribution in [0.15, 0.2) is 18.2 Å². The number of carbonyl (C=O) groups excluding carboxylic acids is 1. The number of halogens is 1. The zero-order chi connectivity index (χ0) is 14.0. The van der Waals surface area contributed by atoms with Crippen LogP contribution in [0.5, 0.6) is 0 Å². The van der Waals surface area contributed by atoms with Gasteiger partial charge in [0.15, 0.2) is 0 Å². The van der Waals surface area contributed by atoms with E-state index in [1.807, 2.05) is 0 Å². The Bertz CT molecular complexity index is 475. The van der Waals surface area contributed by atoms with Gasteiger partial charge in [-0.2, -0.15) is 0 Å². The molecular formula is C13H18FN3O2. The van der Waals surface area contributed by atoms with Crippen molar-refractivity contribution in [3.05, 3.63) is 29.6 Å². The summed E-state index contributed by atoms with van der Waals surface area (Å²) in [5, 5.41) is 9.23. The van der Waals surface area contributed by atoms with E-state index >= 15 is 0 Å². The fourth-order valence-corrected chi connectivity index (χ4v) is 2.37. The lowest BCUT2D eigenvalue weighted by molar-refractivity contribution is 0.0265. The topological polar surface area (TPSA) is 78.6 Å². The van der Waals surface area contributed by atoms with Gasteiger partial charge in [0.25, 0.3) is 5.91 Å². The van der Waals surface area contributed by atoms with E-state index in [2.05, 4.69) is 5.43 Å². The molecule has 1 aromatic carbocycles. The smallest absolute Gasteiger partial charge is 0.255 e. The molecule has 1 amide bonds. The molecule has 19 heavy (non-hydrogen) atoms. The van der Waals surface area contributed by atoms with Gasteiger partial charge in [-0.25, -0.2) is 4.39 Å². The maximum absolute atomic E-state index is 13.5. The van der Waals surface area contributed by atoms with Crippen molar-refractivity contribution >= 4 is 11.6 Å². The Kier molecular flexibility index (Phi) is 4.01. The first kappa shape index (κ1) is 13.8. The highest BCUT2D eigenvalue weighted by Crippen LogP contribution is 2.28. The molecule has 0 unspecified atom stereocenters. The van der Waals surface area contributed by atoms with Gasteiger partial charge in [-0.05, 0) is 30.9 Å². The van der Waals surface area contributed by atoms with E-state index in [-0.39, 0.29) is 23.3 Å². The number of aliphatic hydroxyl groups excluding tert-OH is 1. The van der Waals surface area contributed by atoms with Gasteiger partial charge in [0, 0.05) is 13.6 Å². The van der Waals surface area contributed by atoms with Crippen LogP contribution in [0.3, 0.4) is 0 Å². The Labute approximate surface area is 111 Å². The maximum atomic E-state index is 13.5. The first-order chi connectivity index (χ1) is 9.02. The second-order valence-corrected chi connectivity index (χ2v) is 4.98. The van der Waals surface area contributed by atoms with E-state index in [0.717, 1.165) is 0 Å². The molecule has 0 atom stereocenters. The third kappa shape index (κ3) is 2.85. The number of hydrogen-bond acceptors (Lipinski definition) is 4. The molecule has 5 nitrogen and oxygen atoms in total. The standard InChI is InChI=1S/C13H18FN3O2/c1-17(7-8-5-9(18)6-8)13(19)10-3-2-4-11(14)12(10)16-15/h2-4,8-9,16,18H,5-7,15H2,1H3. The molecule has 1 aliphatic rings. The van der Waals surface area contributed by atoms with E-state index in [0.29, 0.717) is 25.3 Å². The summed E-state index contributed by atoms with van der Waals surface area (Å²) in [6.45, 7) is 0.552. The Hall–Kier alpha value is -1.66. The first-order valence-electron chi connectivity index (χ1n) is 6.21. The number of nitrogens with zero attached hydrogens (tertiary/aromatic N) is 1. The molecule has 1 fully saturated rings. The number of nitrogens with one attached hydrogen (secondary N) is 1. The van der Waals surface area contributed by atoms with Crippen LogP contribution in [0.1, 0.15) is 23.2 Å². The number of benzene rings is 1. The normalized spacial score (nSPS) is 21.7. The van der Waals surface area contributed by atoms with Crippen LogP contribution >= 0.6 is 0 Å². The summed E-state index contributed by atoms with van der Waals surface area (Å²) in [6.07, 6.45) is 1.18. The number of hydrogen-bond donors (Lipinski definition) is 3. The van der Waals surface area contributed by atoms with Gasteiger partial charge in [0.1, 0.15) is 5.82 Å². The van der Waals surface area contributed by atoms with Gasteiger partial charge in [0.05, 0.1) is 17.4 Å². The number of nitrogens with two attached hydrogens (primary N) is 1. The summed E-state index contributed by atoms with van der Waals surface area (Å²) in [5.41, 5.74) is 2.45. The summed E-state index contributed by atoms with van der Waals surface area (Å²) in [7, 11) is 1.66. The Balaban J connectivity index is 2.08. The Morgan fingerprint density at radius 1 is 1.58 bits per heavy atom. The summed E-state index contributed by atoms with van der Waals surface area (Å²) in [5.74, 6) is 4.73. The van der Waals surface area contributed by atoms with Gasteiger partial charge in [-0.3, -0.25) is 10.6 Å². The zero-order valence-electron chi connectivity index (χ0n) is 10.8. The van der Waals surface area contributed by atoms with Crippen molar-refractivity contribution < 1.29 is 14.3 Å². The van der Waals surface area contributed by atoms with E-state index < -0.39 is 5.82 Å². The minimum Gasteiger partial charge on any atom is -0.393 e. The predicted molar refractivity (Wildman–Crippen MR) is 69.9 cm³/mol. The number of aliphatic hydroxyl groups is 1. The lowest BCUT2D eigenvalue weighted by Gasteiger charge is -2.34. The largest absolute Gasteiger partial charge is 0.393 e. The van der Waals surface area contributed by atoms with Crippen molar-refractivity contribution in [1.82, 2.24) is 4.90 Å². The van der Waals surface area contributed by atoms with Crippen molar-refractivity contribution in [3.8, 4) is 0 Å². The molecule has 0 radical (unpaired) electrons. The second kappa shape index (κ2) is 5.54. The van der Waals surface area contributed by atoms with Crippen LogP contribution in [-0.4, -0.2) is 35.6 Å². The van der Waals surface area contributed by atoms with Crippen LogP contribution in [0.25, 0.3) is 0 Å². The maximum Gasteiger partial charge on any atom is 0.255 e. The number of nitrogen functional groups attached to an aromatic ring is 1. The number of amides is 1. The predicted octanol–water partition coefficient (Wildman–Crippen LogP) is 0.954. The van der Waals surface area contributed by atoms with Crippen molar-refractivity contribution in [1.29, 1.82) is 0 Å². The van der Waals surface area contributed by atoms with Crippen LogP contribution in [0.2, 0.25) is 0 Å². The molecule has 2 rings (SSSR count). The van der Waals surface area contributed by atoms with Gasteiger partial charge in [0.2, 0.25) is 0 Å². The van der Waals surface area contributed by atoms with E-state index in [9.17, 15) is 14.3 Å². The van der Waals surface area contributed by atoms with E-state index in [4.69, 9.17) is 5.84 Å². The minimum atomic E-state index is -0.555. The monoisotopic (exact) mass is 267 g/mol. The summed E-state index contributed by atoms with van der Waals surface area (Å²) >= 11 is 0. The number of para-hydroxylation sites is 1. The van der Waals surface area contributed by atoms with Gasteiger partial charge < -0.3 is 15.4 Å². The minimum absolute atomic E-state index is 0.00740. The molecule has 0 spiro atoms. The average molecular weight is 267 g/mol. The van der Waals surface area contributed by atoms with Gasteiger partial charge in [-0.15, -0.1) is 0 Å². The molecule has 4 N–H and O–H groups in total. The van der Waals surface area contributed by atoms with Crippen molar-refractivity contribution in [2.45, 2.75) is 18.9 Å². The molecule has 1 aliphatic carbocycles. The third-order valence-electron chi connectivity index (χ3n) is 3.48. The molecule has 1 saturated carbocycles. The van der Waals surface area contributed by atoms with Crippen LogP contribution < -0.4 is 11.3 Å². The fourth-order valence-electron chi connectivity index (χ4n) is 2.37. The average Bonchev–Trinajstić information content (AvgIpc) is 2.35. The zero-order valence-corrected chi connectivity index (χ0v) is 10.8. The third-order valence-corrected chi connectivity index (χ3v) is 3.48. The number of anilines is 1. The SMILES string of the molecule is CN(CC1CC(O)C1)C(=O)c1cccc(F)c1NN. The molecule has 0 aromatic heterocycles. The number of hydrazine groups is 1. The van der Waals surface area contributed by atoms with Crippen molar-refractivity contribution in [2.24, 2.45) is 11.8 Å². The summed E-state index contributed by atoms with van der Waals surface area (Å²) in [4.78, 5) is 13.8. The fraction of sp³-hybridized carbons (Fsp3) is 0.462. The number of rotatable bonds is 4. The van der Waals surface area contributed by atoms with Crippen LogP contribution in [0, 0.1) is 11.7 Å². The highest BCUT2D eigenvalue weighted by atomic mass is 19.1. The van der Waals surface area contributed by atoms with Crippen molar-refractivity contribution in [2.75, 3.05) is 19.0 Å². The van der Waals surface area contributed by atoms with Gasteiger partial charge in [-0.1, -0.05) is 6.07 Å². The van der Waals surface area contributed by atoms with E-state index in [1.54, 1.807) is 7.05 Å². The summed E-state index contributed by atoms with van der Waals surface area (Å²) in [6, 6.07) is 4.26. The Morgan fingerprint density at radius 2 is 2.26 bits per heavy atom. The molecule has 0 aliphatic heterocycles. The Morgan fingerprint density at radius 3 is 2.84 bits per heavy atom. The summed E-state index contributed by atoms with van der Waals surface area (Å²) < 4.78 is 13.5. The first-order valence-corrected chi connectivity index (χ1v) is 6.21. The molecule has 0 bridgehead atoms. The molecule has 0 heterocycles. The quantitative estimate of drug-likeness (QED) is 0.560. The van der Waals surface area contributed by atoms with Crippen LogP contribution in [0.4, 0.5) is 10.1 Å². The molecule has 0 saturated heterocycles.